The topological polar surface area (TPSA) is 47.1 Å². The van der Waals surface area contributed by atoms with Crippen LogP contribution in [0.25, 0.3) is 11.0 Å². The number of halogens is 1. The molecule has 0 amide bonds. The van der Waals surface area contributed by atoms with Crippen molar-refractivity contribution in [3.8, 4) is 5.75 Å². The van der Waals surface area contributed by atoms with Crippen LogP contribution in [0.1, 0.15) is 12.8 Å². The smallest absolute Gasteiger partial charge is 0.150 e. The highest BCUT2D eigenvalue weighted by atomic mass is 19.1. The number of rotatable bonds is 3. The molecule has 2 aromatic rings. The first-order valence-electron chi connectivity index (χ1n) is 5.70. The van der Waals surface area contributed by atoms with Gasteiger partial charge in [0.25, 0.3) is 0 Å². The largest absolute Gasteiger partial charge is 0.488 e. The highest BCUT2D eigenvalue weighted by Crippen LogP contribution is 2.25. The van der Waals surface area contributed by atoms with Crippen molar-refractivity contribution in [3.63, 3.8) is 0 Å². The number of nitrogens with zero attached hydrogens (tertiary/aromatic N) is 1. The van der Waals surface area contributed by atoms with Crippen molar-refractivity contribution in [3.05, 3.63) is 24.3 Å². The zero-order valence-electron chi connectivity index (χ0n) is 9.28. The molecule has 4 nitrogen and oxygen atoms in total. The SMILES string of the molecule is Fc1cc(OCC2CCCO2)c2nc[nH]c2c1. The van der Waals surface area contributed by atoms with Gasteiger partial charge < -0.3 is 14.5 Å². The maximum absolute atomic E-state index is 13.3. The van der Waals surface area contributed by atoms with Crippen LogP contribution in [0, 0.1) is 5.82 Å². The van der Waals surface area contributed by atoms with E-state index in [4.69, 9.17) is 9.47 Å². The normalized spacial score (nSPS) is 19.9. The van der Waals surface area contributed by atoms with Crippen LogP contribution >= 0.6 is 0 Å². The minimum Gasteiger partial charge on any atom is -0.488 e. The van der Waals surface area contributed by atoms with Crippen molar-refractivity contribution in [1.29, 1.82) is 0 Å². The van der Waals surface area contributed by atoms with Gasteiger partial charge in [-0.25, -0.2) is 9.37 Å². The fourth-order valence-corrected chi connectivity index (χ4v) is 2.05. The average molecular weight is 236 g/mol. The van der Waals surface area contributed by atoms with Crippen LogP contribution < -0.4 is 4.74 Å². The summed E-state index contributed by atoms with van der Waals surface area (Å²) in [4.78, 5) is 6.98. The molecule has 0 bridgehead atoms. The van der Waals surface area contributed by atoms with Crippen molar-refractivity contribution in [2.75, 3.05) is 13.2 Å². The molecule has 1 aromatic carbocycles. The molecule has 90 valence electrons. The molecule has 1 N–H and O–H groups in total. The summed E-state index contributed by atoms with van der Waals surface area (Å²) in [7, 11) is 0. The molecular formula is C12H13FN2O2. The third-order valence-electron chi connectivity index (χ3n) is 2.90. The lowest BCUT2D eigenvalue weighted by Gasteiger charge is -2.11. The lowest BCUT2D eigenvalue weighted by Crippen LogP contribution is -2.16. The van der Waals surface area contributed by atoms with Crippen molar-refractivity contribution in [2.24, 2.45) is 0 Å². The Labute approximate surface area is 97.8 Å². The summed E-state index contributed by atoms with van der Waals surface area (Å²) < 4.78 is 24.4. The maximum Gasteiger partial charge on any atom is 0.150 e. The zero-order chi connectivity index (χ0) is 11.7. The molecule has 1 atom stereocenters. The van der Waals surface area contributed by atoms with Gasteiger partial charge in [0.1, 0.15) is 23.7 Å². The van der Waals surface area contributed by atoms with Crippen LogP contribution in [-0.4, -0.2) is 29.3 Å². The fourth-order valence-electron chi connectivity index (χ4n) is 2.05. The van der Waals surface area contributed by atoms with E-state index in [2.05, 4.69) is 9.97 Å². The lowest BCUT2D eigenvalue weighted by atomic mass is 10.2. The minimum absolute atomic E-state index is 0.118. The third kappa shape index (κ3) is 2.10. The number of aromatic amines is 1. The summed E-state index contributed by atoms with van der Waals surface area (Å²) >= 11 is 0. The van der Waals surface area contributed by atoms with E-state index < -0.39 is 0 Å². The summed E-state index contributed by atoms with van der Waals surface area (Å²) in [6.45, 7) is 1.24. The Morgan fingerprint density at radius 1 is 1.53 bits per heavy atom. The second kappa shape index (κ2) is 4.33. The molecular weight excluding hydrogens is 223 g/mol. The van der Waals surface area contributed by atoms with Crippen LogP contribution in [0.15, 0.2) is 18.5 Å². The van der Waals surface area contributed by atoms with E-state index in [9.17, 15) is 4.39 Å². The van der Waals surface area contributed by atoms with E-state index in [0.717, 1.165) is 19.4 Å². The molecule has 0 saturated carbocycles. The summed E-state index contributed by atoms with van der Waals surface area (Å²) in [6.07, 6.45) is 3.71. The number of hydrogen-bond acceptors (Lipinski definition) is 3. The quantitative estimate of drug-likeness (QED) is 0.889. The minimum atomic E-state index is -0.330. The molecule has 1 saturated heterocycles. The molecule has 0 radical (unpaired) electrons. The molecule has 1 unspecified atom stereocenters. The number of fused-ring (bicyclic) bond motifs is 1. The molecule has 3 rings (SSSR count). The molecule has 1 fully saturated rings. The molecule has 0 spiro atoms. The van der Waals surface area contributed by atoms with E-state index in [0.29, 0.717) is 23.4 Å². The summed E-state index contributed by atoms with van der Waals surface area (Å²) in [5.41, 5.74) is 1.30. The van der Waals surface area contributed by atoms with Crippen LogP contribution in [-0.2, 0) is 4.74 Å². The van der Waals surface area contributed by atoms with Gasteiger partial charge in [-0.2, -0.15) is 0 Å². The van der Waals surface area contributed by atoms with Gasteiger partial charge in [0.05, 0.1) is 17.9 Å². The second-order valence-electron chi connectivity index (χ2n) is 4.15. The number of aromatic nitrogens is 2. The number of H-pyrrole nitrogens is 1. The van der Waals surface area contributed by atoms with Crippen molar-refractivity contribution >= 4 is 11.0 Å². The van der Waals surface area contributed by atoms with E-state index in [1.54, 1.807) is 0 Å². The van der Waals surface area contributed by atoms with Gasteiger partial charge in [-0.3, -0.25) is 0 Å². The van der Waals surface area contributed by atoms with Crippen LogP contribution in [0.4, 0.5) is 4.39 Å². The maximum atomic E-state index is 13.3. The second-order valence-corrected chi connectivity index (χ2v) is 4.15. The number of ether oxygens (including phenoxy) is 2. The Hall–Kier alpha value is -1.62. The fraction of sp³-hybridized carbons (Fsp3) is 0.417. The van der Waals surface area contributed by atoms with Crippen molar-refractivity contribution in [1.82, 2.24) is 9.97 Å². The Bertz CT molecular complexity index is 520. The molecule has 1 aromatic heterocycles. The Kier molecular flexibility index (Phi) is 2.68. The first-order chi connectivity index (χ1) is 8.33. The molecule has 1 aliphatic heterocycles. The average Bonchev–Trinajstić information content (AvgIpc) is 2.95. The van der Waals surface area contributed by atoms with E-state index >= 15 is 0 Å². The highest BCUT2D eigenvalue weighted by molar-refractivity contribution is 5.81. The van der Waals surface area contributed by atoms with Gasteiger partial charge in [0, 0.05) is 12.7 Å². The molecule has 0 aliphatic carbocycles. The number of imidazole rings is 1. The Morgan fingerprint density at radius 3 is 3.29 bits per heavy atom. The first kappa shape index (κ1) is 10.5. The third-order valence-corrected chi connectivity index (χ3v) is 2.90. The molecule has 1 aliphatic rings. The van der Waals surface area contributed by atoms with Crippen LogP contribution in [0.5, 0.6) is 5.75 Å². The predicted octanol–water partition coefficient (Wildman–Crippen LogP) is 2.26. The van der Waals surface area contributed by atoms with Gasteiger partial charge in [-0.15, -0.1) is 0 Å². The molecule has 17 heavy (non-hydrogen) atoms. The summed E-state index contributed by atoms with van der Waals surface area (Å²) in [6, 6.07) is 2.76. The van der Waals surface area contributed by atoms with E-state index in [-0.39, 0.29) is 11.9 Å². The van der Waals surface area contributed by atoms with Crippen LogP contribution in [0.3, 0.4) is 0 Å². The van der Waals surface area contributed by atoms with E-state index in [1.807, 2.05) is 0 Å². The van der Waals surface area contributed by atoms with Gasteiger partial charge in [0.2, 0.25) is 0 Å². The predicted molar refractivity (Wildman–Crippen MR) is 60.5 cm³/mol. The highest BCUT2D eigenvalue weighted by Gasteiger charge is 2.17. The van der Waals surface area contributed by atoms with Gasteiger partial charge in [-0.1, -0.05) is 0 Å². The summed E-state index contributed by atoms with van der Waals surface area (Å²) in [5.74, 6) is 0.140. The monoisotopic (exact) mass is 236 g/mol. The lowest BCUT2D eigenvalue weighted by molar-refractivity contribution is 0.0683. The Morgan fingerprint density at radius 2 is 2.47 bits per heavy atom. The van der Waals surface area contributed by atoms with Crippen molar-refractivity contribution < 1.29 is 13.9 Å². The van der Waals surface area contributed by atoms with Crippen molar-refractivity contribution in [2.45, 2.75) is 18.9 Å². The zero-order valence-corrected chi connectivity index (χ0v) is 9.28. The first-order valence-corrected chi connectivity index (χ1v) is 5.70. The van der Waals surface area contributed by atoms with Gasteiger partial charge >= 0.3 is 0 Å². The standard InChI is InChI=1S/C12H13FN2O2/c13-8-4-10-12(15-7-14-10)11(5-8)17-6-9-2-1-3-16-9/h4-5,7,9H,1-3,6H2,(H,14,15). The Balaban J connectivity index is 1.81. The molecule has 2 heterocycles. The van der Waals surface area contributed by atoms with Crippen LogP contribution in [0.2, 0.25) is 0 Å². The van der Waals surface area contributed by atoms with Gasteiger partial charge in [-0.05, 0) is 18.9 Å². The number of nitrogens with one attached hydrogen (secondary N) is 1. The van der Waals surface area contributed by atoms with E-state index in [1.165, 1.54) is 18.5 Å². The summed E-state index contributed by atoms with van der Waals surface area (Å²) in [5, 5.41) is 0. The number of hydrogen-bond donors (Lipinski definition) is 1. The van der Waals surface area contributed by atoms with Gasteiger partial charge in [0.15, 0.2) is 0 Å². The molecule has 5 heteroatoms. The number of benzene rings is 1.